The van der Waals surface area contributed by atoms with E-state index in [0.717, 1.165) is 11.1 Å². The molecule has 0 amide bonds. The van der Waals surface area contributed by atoms with Crippen molar-refractivity contribution >= 4 is 5.78 Å². The largest absolute Gasteiger partial charge is 0.389 e. The molecule has 0 aliphatic carbocycles. The Kier molecular flexibility index (Phi) is 7.46. The van der Waals surface area contributed by atoms with Crippen LogP contribution in [-0.2, 0) is 27.5 Å². The first-order valence-corrected chi connectivity index (χ1v) is 7.71. The molecule has 0 saturated heterocycles. The van der Waals surface area contributed by atoms with Crippen LogP contribution < -0.4 is 0 Å². The van der Waals surface area contributed by atoms with Gasteiger partial charge in [0, 0.05) is 12.8 Å². The number of ether oxygens (including phenoxy) is 2. The van der Waals surface area contributed by atoms with Gasteiger partial charge in [-0.25, -0.2) is 0 Å². The summed E-state index contributed by atoms with van der Waals surface area (Å²) in [5.74, 6) is -0.207. The van der Waals surface area contributed by atoms with Crippen LogP contribution in [0.3, 0.4) is 0 Å². The van der Waals surface area contributed by atoms with Crippen molar-refractivity contribution in [2.75, 3.05) is 6.61 Å². The molecule has 0 atom stereocenters. The van der Waals surface area contributed by atoms with Crippen LogP contribution >= 0.6 is 0 Å². The summed E-state index contributed by atoms with van der Waals surface area (Å²) in [4.78, 5) is 11.3. The maximum absolute atomic E-state index is 11.3. The highest BCUT2D eigenvalue weighted by Crippen LogP contribution is 2.12. The van der Waals surface area contributed by atoms with Crippen molar-refractivity contribution < 1.29 is 19.4 Å². The Labute approximate surface area is 136 Å². The van der Waals surface area contributed by atoms with Crippen molar-refractivity contribution in [2.24, 2.45) is 0 Å². The van der Waals surface area contributed by atoms with E-state index in [4.69, 9.17) is 14.6 Å². The molecule has 2 aromatic rings. The normalized spacial score (nSPS) is 10.9. The van der Waals surface area contributed by atoms with Gasteiger partial charge in [-0.15, -0.1) is 0 Å². The lowest BCUT2D eigenvalue weighted by molar-refractivity contribution is -0.162. The summed E-state index contributed by atoms with van der Waals surface area (Å²) in [6, 6.07) is 19.6. The molecule has 0 aliphatic rings. The van der Waals surface area contributed by atoms with Crippen LogP contribution in [0.5, 0.6) is 0 Å². The second kappa shape index (κ2) is 9.90. The second-order valence-electron chi connectivity index (χ2n) is 5.26. The zero-order valence-electron chi connectivity index (χ0n) is 13.1. The minimum Gasteiger partial charge on any atom is -0.389 e. The van der Waals surface area contributed by atoms with Crippen LogP contribution in [0.15, 0.2) is 60.7 Å². The molecule has 0 bridgehead atoms. The van der Waals surface area contributed by atoms with Crippen molar-refractivity contribution in [1.82, 2.24) is 0 Å². The Bertz CT molecular complexity index is 525. The highest BCUT2D eigenvalue weighted by Gasteiger charge is 2.12. The van der Waals surface area contributed by atoms with Crippen LogP contribution in [0, 0.1) is 0 Å². The van der Waals surface area contributed by atoms with Crippen LogP contribution in [-0.4, -0.2) is 23.8 Å². The lowest BCUT2D eigenvalue weighted by Gasteiger charge is -2.18. The number of rotatable bonds is 10. The fourth-order valence-electron chi connectivity index (χ4n) is 2.10. The van der Waals surface area contributed by atoms with Crippen molar-refractivity contribution in [1.29, 1.82) is 0 Å². The van der Waals surface area contributed by atoms with Gasteiger partial charge in [0.2, 0.25) is 0 Å². The molecular weight excluding hydrogens is 292 g/mol. The number of hydrogen-bond acceptors (Lipinski definition) is 4. The van der Waals surface area contributed by atoms with Gasteiger partial charge in [-0.05, 0) is 11.1 Å². The Morgan fingerprint density at radius 2 is 1.35 bits per heavy atom. The van der Waals surface area contributed by atoms with Crippen molar-refractivity contribution in [3.63, 3.8) is 0 Å². The standard InChI is InChI=1S/C19H22O4/c20-13-18(21)11-12-19(22-14-16-7-3-1-4-8-16)23-15-17-9-5-2-6-10-17/h1-10,19-20H,11-15H2. The molecule has 0 saturated carbocycles. The van der Waals surface area contributed by atoms with E-state index in [2.05, 4.69) is 0 Å². The predicted molar refractivity (Wildman–Crippen MR) is 87.6 cm³/mol. The highest BCUT2D eigenvalue weighted by atomic mass is 16.7. The number of aliphatic hydroxyl groups is 1. The average Bonchev–Trinajstić information content (AvgIpc) is 2.62. The van der Waals surface area contributed by atoms with Crippen LogP contribution in [0.25, 0.3) is 0 Å². The van der Waals surface area contributed by atoms with E-state index >= 15 is 0 Å². The van der Waals surface area contributed by atoms with E-state index in [-0.39, 0.29) is 12.2 Å². The molecule has 23 heavy (non-hydrogen) atoms. The molecule has 4 nitrogen and oxygen atoms in total. The number of Topliss-reactive ketones (excluding diaryl/α,β-unsaturated/α-hetero) is 1. The van der Waals surface area contributed by atoms with Crippen LogP contribution in [0.2, 0.25) is 0 Å². The van der Waals surface area contributed by atoms with Crippen LogP contribution in [0.4, 0.5) is 0 Å². The molecular formula is C19H22O4. The summed E-state index contributed by atoms with van der Waals surface area (Å²) in [5, 5.41) is 8.83. The second-order valence-corrected chi connectivity index (χ2v) is 5.26. The molecule has 4 heteroatoms. The third-order valence-corrected chi connectivity index (χ3v) is 3.39. The Morgan fingerprint density at radius 3 is 1.78 bits per heavy atom. The summed E-state index contributed by atoms with van der Waals surface area (Å²) in [7, 11) is 0. The van der Waals surface area contributed by atoms with Crippen molar-refractivity contribution in [3.05, 3.63) is 71.8 Å². The first-order valence-electron chi connectivity index (χ1n) is 7.71. The summed E-state index contributed by atoms with van der Waals surface area (Å²) < 4.78 is 11.6. The first kappa shape index (κ1) is 17.3. The van der Waals surface area contributed by atoms with E-state index in [0.29, 0.717) is 19.6 Å². The van der Waals surface area contributed by atoms with Gasteiger partial charge in [0.25, 0.3) is 0 Å². The molecule has 2 aromatic carbocycles. The highest BCUT2D eigenvalue weighted by molar-refractivity contribution is 5.79. The van der Waals surface area contributed by atoms with Gasteiger partial charge in [0.1, 0.15) is 6.61 Å². The molecule has 0 unspecified atom stereocenters. The van der Waals surface area contributed by atoms with E-state index < -0.39 is 12.9 Å². The zero-order chi connectivity index (χ0) is 16.3. The third-order valence-electron chi connectivity index (χ3n) is 3.39. The van der Waals surface area contributed by atoms with Gasteiger partial charge in [0.05, 0.1) is 13.2 Å². The number of aliphatic hydroxyl groups excluding tert-OH is 1. The molecule has 0 spiro atoms. The SMILES string of the molecule is O=C(CO)CCC(OCc1ccccc1)OCc1ccccc1. The first-order chi connectivity index (χ1) is 11.3. The topological polar surface area (TPSA) is 55.8 Å². The van der Waals surface area contributed by atoms with Gasteiger partial charge in [0.15, 0.2) is 12.1 Å². The van der Waals surface area contributed by atoms with Crippen molar-refractivity contribution in [3.8, 4) is 0 Å². The van der Waals surface area contributed by atoms with E-state index in [1.54, 1.807) is 0 Å². The summed E-state index contributed by atoms with van der Waals surface area (Å²) in [5.41, 5.74) is 2.10. The van der Waals surface area contributed by atoms with Gasteiger partial charge in [-0.2, -0.15) is 0 Å². The maximum Gasteiger partial charge on any atom is 0.158 e. The van der Waals surface area contributed by atoms with E-state index in [1.165, 1.54) is 0 Å². The molecule has 0 aromatic heterocycles. The lowest BCUT2D eigenvalue weighted by Crippen LogP contribution is -2.19. The van der Waals surface area contributed by atoms with Gasteiger partial charge in [-0.1, -0.05) is 60.7 Å². The minimum atomic E-state index is -0.481. The van der Waals surface area contributed by atoms with Crippen LogP contribution in [0.1, 0.15) is 24.0 Å². The van der Waals surface area contributed by atoms with E-state index in [1.807, 2.05) is 60.7 Å². The molecule has 0 aliphatic heterocycles. The number of ketones is 1. The predicted octanol–water partition coefficient (Wildman–Crippen LogP) is 3.09. The Balaban J connectivity index is 1.86. The Morgan fingerprint density at radius 1 is 0.870 bits per heavy atom. The maximum atomic E-state index is 11.3. The quantitative estimate of drug-likeness (QED) is 0.685. The third kappa shape index (κ3) is 6.74. The molecule has 0 heterocycles. The molecule has 0 radical (unpaired) electrons. The molecule has 122 valence electrons. The summed E-state index contributed by atoms with van der Waals surface area (Å²) in [6.07, 6.45) is 0.190. The smallest absolute Gasteiger partial charge is 0.158 e. The number of hydrogen-bond donors (Lipinski definition) is 1. The number of carbonyl (C=O) groups excluding carboxylic acids is 1. The number of carbonyl (C=O) groups is 1. The van der Waals surface area contributed by atoms with Crippen molar-refractivity contribution in [2.45, 2.75) is 32.3 Å². The molecule has 2 rings (SSSR count). The summed E-state index contributed by atoms with van der Waals surface area (Å²) >= 11 is 0. The fourth-order valence-corrected chi connectivity index (χ4v) is 2.10. The Hall–Kier alpha value is -2.01. The zero-order valence-corrected chi connectivity index (χ0v) is 13.1. The minimum absolute atomic E-state index is 0.207. The monoisotopic (exact) mass is 314 g/mol. The fraction of sp³-hybridized carbons (Fsp3) is 0.316. The molecule has 0 fully saturated rings. The lowest BCUT2D eigenvalue weighted by atomic mass is 10.2. The van der Waals surface area contributed by atoms with Gasteiger partial charge < -0.3 is 14.6 Å². The van der Waals surface area contributed by atoms with E-state index in [9.17, 15) is 4.79 Å². The number of benzene rings is 2. The van der Waals surface area contributed by atoms with Gasteiger partial charge >= 0.3 is 0 Å². The average molecular weight is 314 g/mol. The van der Waals surface area contributed by atoms with Gasteiger partial charge in [-0.3, -0.25) is 4.79 Å². The summed E-state index contributed by atoms with van der Waals surface area (Å²) in [6.45, 7) is 0.408. The molecule has 1 N–H and O–H groups in total.